The molecule has 0 bridgehead atoms. The number of H-pyrrole nitrogens is 1. The summed E-state index contributed by atoms with van der Waals surface area (Å²) in [5.41, 5.74) is 0.425. The molecule has 1 atom stereocenters. The third kappa shape index (κ3) is 2.46. The highest BCUT2D eigenvalue weighted by Crippen LogP contribution is 2.23. The second-order valence-corrected chi connectivity index (χ2v) is 3.85. The van der Waals surface area contributed by atoms with Gasteiger partial charge >= 0.3 is 0 Å². The Hall–Kier alpha value is -1.84. The van der Waals surface area contributed by atoms with Crippen molar-refractivity contribution in [2.45, 2.75) is 19.4 Å². The van der Waals surface area contributed by atoms with E-state index in [1.807, 2.05) is 19.1 Å². The third-order valence-electron chi connectivity index (χ3n) is 2.64. The van der Waals surface area contributed by atoms with Crippen LogP contribution in [0, 0.1) is 0 Å². The zero-order valence-electron chi connectivity index (χ0n) is 9.57. The molecule has 0 saturated heterocycles. The Kier molecular flexibility index (Phi) is 3.42. The van der Waals surface area contributed by atoms with E-state index in [1.54, 1.807) is 12.1 Å². The molecule has 0 radical (unpaired) electrons. The van der Waals surface area contributed by atoms with E-state index >= 15 is 0 Å². The van der Waals surface area contributed by atoms with Gasteiger partial charge in [-0.1, -0.05) is 19.1 Å². The van der Waals surface area contributed by atoms with Crippen molar-refractivity contribution in [3.63, 3.8) is 0 Å². The van der Waals surface area contributed by atoms with Gasteiger partial charge in [-0.25, -0.2) is 4.39 Å². The summed E-state index contributed by atoms with van der Waals surface area (Å²) in [6.45, 7) is 1.32. The predicted octanol–water partition coefficient (Wildman–Crippen LogP) is 2.66. The molecule has 17 heavy (non-hydrogen) atoms. The molecule has 1 N–H and O–H groups in total. The topological polar surface area (TPSA) is 42.1 Å². The molecule has 0 spiro atoms. The van der Waals surface area contributed by atoms with Gasteiger partial charge in [-0.15, -0.1) is 0 Å². The van der Waals surface area contributed by atoms with Gasteiger partial charge < -0.3 is 9.72 Å². The molecule has 4 heteroatoms. The minimum absolute atomic E-state index is 0.193. The van der Waals surface area contributed by atoms with Gasteiger partial charge in [0.25, 0.3) is 0 Å². The van der Waals surface area contributed by atoms with E-state index in [4.69, 9.17) is 4.74 Å². The van der Waals surface area contributed by atoms with Crippen molar-refractivity contribution in [1.29, 1.82) is 0 Å². The number of nitrogens with one attached hydrogen (secondary N) is 1. The zero-order chi connectivity index (χ0) is 12.3. The maximum absolute atomic E-state index is 12.6. The fourth-order valence-corrected chi connectivity index (χ4v) is 1.65. The number of para-hydroxylation sites is 1. The van der Waals surface area contributed by atoms with Crippen LogP contribution in [0.1, 0.15) is 13.3 Å². The van der Waals surface area contributed by atoms with E-state index in [0.29, 0.717) is 17.7 Å². The minimum Gasteiger partial charge on any atom is -0.486 e. The molecule has 0 fully saturated rings. The number of alkyl halides is 1. The van der Waals surface area contributed by atoms with Gasteiger partial charge in [0.15, 0.2) is 0 Å². The van der Waals surface area contributed by atoms with Gasteiger partial charge in [0.2, 0.25) is 5.56 Å². The molecule has 2 aromatic rings. The second-order valence-electron chi connectivity index (χ2n) is 3.85. The Balaban J connectivity index is 2.46. The standard InChI is InChI=1S/C13H14FNO2/c1-2-10(8-14)17-11-5-3-4-9-6-7-12(16)15-13(9)11/h3-7,10H,2,8H2,1H3,(H,15,16). The van der Waals surface area contributed by atoms with Crippen LogP contribution in [0.4, 0.5) is 4.39 Å². The van der Waals surface area contributed by atoms with Crippen LogP contribution >= 0.6 is 0 Å². The summed E-state index contributed by atoms with van der Waals surface area (Å²) in [6, 6.07) is 8.60. The summed E-state index contributed by atoms with van der Waals surface area (Å²) in [6.07, 6.45) is 0.119. The first-order valence-electron chi connectivity index (χ1n) is 5.59. The second kappa shape index (κ2) is 4.99. The summed E-state index contributed by atoms with van der Waals surface area (Å²) in [4.78, 5) is 14.0. The molecule has 1 unspecified atom stereocenters. The number of benzene rings is 1. The van der Waals surface area contributed by atoms with E-state index < -0.39 is 12.8 Å². The quantitative estimate of drug-likeness (QED) is 0.885. The molecule has 1 aromatic carbocycles. The van der Waals surface area contributed by atoms with Crippen LogP contribution in [0.5, 0.6) is 5.75 Å². The molecule has 0 amide bonds. The highest BCUT2D eigenvalue weighted by atomic mass is 19.1. The summed E-state index contributed by atoms with van der Waals surface area (Å²) in [7, 11) is 0. The van der Waals surface area contributed by atoms with Crippen LogP contribution in [-0.4, -0.2) is 17.8 Å². The lowest BCUT2D eigenvalue weighted by molar-refractivity contribution is 0.162. The van der Waals surface area contributed by atoms with Crippen LogP contribution in [0.2, 0.25) is 0 Å². The average Bonchev–Trinajstić information content (AvgIpc) is 2.36. The first kappa shape index (κ1) is 11.6. The molecule has 90 valence electrons. The number of aromatic nitrogens is 1. The van der Waals surface area contributed by atoms with Gasteiger partial charge in [0, 0.05) is 11.5 Å². The SMILES string of the molecule is CCC(CF)Oc1cccc2ccc(=O)[nH]c12. The summed E-state index contributed by atoms with van der Waals surface area (Å²) in [5, 5.41) is 0.871. The maximum atomic E-state index is 12.6. The number of ether oxygens (including phenoxy) is 1. The molecule has 1 heterocycles. The normalized spacial score (nSPS) is 12.6. The maximum Gasteiger partial charge on any atom is 0.248 e. The van der Waals surface area contributed by atoms with E-state index in [-0.39, 0.29) is 5.56 Å². The lowest BCUT2D eigenvalue weighted by atomic mass is 10.2. The molecule has 2 rings (SSSR count). The number of hydrogen-bond acceptors (Lipinski definition) is 2. The molecule has 3 nitrogen and oxygen atoms in total. The Bertz CT molecular complexity index is 561. The molecular weight excluding hydrogens is 221 g/mol. The third-order valence-corrected chi connectivity index (χ3v) is 2.64. The van der Waals surface area contributed by atoms with Crippen molar-refractivity contribution in [3.05, 3.63) is 40.7 Å². The lowest BCUT2D eigenvalue weighted by Gasteiger charge is -2.15. The Morgan fingerprint density at radius 2 is 2.18 bits per heavy atom. The predicted molar refractivity (Wildman–Crippen MR) is 65.3 cm³/mol. The van der Waals surface area contributed by atoms with Crippen molar-refractivity contribution >= 4 is 10.9 Å². The smallest absolute Gasteiger partial charge is 0.248 e. The Morgan fingerprint density at radius 3 is 2.88 bits per heavy atom. The Morgan fingerprint density at radius 1 is 1.35 bits per heavy atom. The van der Waals surface area contributed by atoms with E-state index in [1.165, 1.54) is 6.07 Å². The largest absolute Gasteiger partial charge is 0.486 e. The van der Waals surface area contributed by atoms with Gasteiger partial charge in [-0.3, -0.25) is 4.79 Å². The lowest BCUT2D eigenvalue weighted by Crippen LogP contribution is -2.18. The van der Waals surface area contributed by atoms with Crippen LogP contribution < -0.4 is 10.3 Å². The van der Waals surface area contributed by atoms with Gasteiger partial charge in [-0.05, 0) is 18.6 Å². The van der Waals surface area contributed by atoms with Crippen LogP contribution in [0.3, 0.4) is 0 Å². The first-order chi connectivity index (χ1) is 8.24. The van der Waals surface area contributed by atoms with Crippen molar-refractivity contribution < 1.29 is 9.13 Å². The molecule has 0 aliphatic carbocycles. The average molecular weight is 235 g/mol. The summed E-state index contributed by atoms with van der Waals surface area (Å²) < 4.78 is 18.2. The zero-order valence-corrected chi connectivity index (χ0v) is 9.57. The molecule has 0 saturated carbocycles. The number of halogens is 1. The molecule has 1 aromatic heterocycles. The number of rotatable bonds is 4. The first-order valence-corrected chi connectivity index (χ1v) is 5.59. The summed E-state index contributed by atoms with van der Waals surface area (Å²) >= 11 is 0. The fraction of sp³-hybridized carbons (Fsp3) is 0.308. The molecule has 0 aliphatic rings. The number of aromatic amines is 1. The number of fused-ring (bicyclic) bond motifs is 1. The van der Waals surface area contributed by atoms with E-state index in [2.05, 4.69) is 4.98 Å². The van der Waals surface area contributed by atoms with Crippen molar-refractivity contribution in [1.82, 2.24) is 4.98 Å². The highest BCUT2D eigenvalue weighted by molar-refractivity contribution is 5.84. The monoisotopic (exact) mass is 235 g/mol. The van der Waals surface area contributed by atoms with Crippen molar-refractivity contribution in [2.75, 3.05) is 6.67 Å². The number of hydrogen-bond donors (Lipinski definition) is 1. The van der Waals surface area contributed by atoms with Crippen LogP contribution in [0.25, 0.3) is 10.9 Å². The summed E-state index contributed by atoms with van der Waals surface area (Å²) in [5.74, 6) is 0.518. The highest BCUT2D eigenvalue weighted by Gasteiger charge is 2.10. The number of pyridine rings is 1. The fourth-order valence-electron chi connectivity index (χ4n) is 1.65. The molecule has 0 aliphatic heterocycles. The van der Waals surface area contributed by atoms with Gasteiger partial charge in [0.1, 0.15) is 18.5 Å². The van der Waals surface area contributed by atoms with E-state index in [9.17, 15) is 9.18 Å². The van der Waals surface area contributed by atoms with Crippen molar-refractivity contribution in [2.24, 2.45) is 0 Å². The van der Waals surface area contributed by atoms with Crippen LogP contribution in [0.15, 0.2) is 35.1 Å². The van der Waals surface area contributed by atoms with Crippen LogP contribution in [-0.2, 0) is 0 Å². The van der Waals surface area contributed by atoms with E-state index in [0.717, 1.165) is 5.39 Å². The van der Waals surface area contributed by atoms with Gasteiger partial charge in [-0.2, -0.15) is 0 Å². The Labute approximate surface area is 98.2 Å². The minimum atomic E-state index is -0.538. The van der Waals surface area contributed by atoms with Crippen molar-refractivity contribution in [3.8, 4) is 5.75 Å². The van der Waals surface area contributed by atoms with Gasteiger partial charge in [0.05, 0.1) is 5.52 Å². The molecular formula is C13H14FNO2.